The summed E-state index contributed by atoms with van der Waals surface area (Å²) in [7, 11) is 0. The first-order valence-electron chi connectivity index (χ1n) is 11.8. The maximum absolute atomic E-state index is 14.0. The average molecular weight is 494 g/mol. The van der Waals surface area contributed by atoms with Crippen LogP contribution in [0.1, 0.15) is 79.0 Å². The number of alkyl carbamates (subject to hydrolysis) is 1. The fraction of sp³-hybridized carbons (Fsp3) is 0.654. The lowest BCUT2D eigenvalue weighted by molar-refractivity contribution is -0.148. The van der Waals surface area contributed by atoms with E-state index >= 15 is 0 Å². The minimum atomic E-state index is -0.854. The van der Waals surface area contributed by atoms with Crippen LogP contribution in [0, 0.1) is 6.92 Å². The van der Waals surface area contributed by atoms with Crippen LogP contribution in [0.5, 0.6) is 0 Å². The normalized spacial score (nSPS) is 13.7. The van der Waals surface area contributed by atoms with Gasteiger partial charge in [0.25, 0.3) is 0 Å². The highest BCUT2D eigenvalue weighted by Gasteiger charge is 2.41. The Morgan fingerprint density at radius 2 is 1.56 bits per heavy atom. The molecule has 0 fully saturated rings. The van der Waals surface area contributed by atoms with Crippen molar-refractivity contribution in [1.29, 1.82) is 0 Å². The second-order valence-electron chi connectivity index (χ2n) is 10.8. The van der Waals surface area contributed by atoms with Crippen molar-refractivity contribution in [3.63, 3.8) is 0 Å². The standard InChI is InChI=1S/C26H43N3O4S/c1-17(2)27-22(30)21(19-13-11-18(3)12-14-19)29(25(4,5)6)23(31)20(15-16-34-10)28-24(32)33-26(7,8)9/h11-14,17,20-21H,15-16H2,1-10H3,(H,27,30)(H,28,32). The van der Waals surface area contributed by atoms with Gasteiger partial charge in [-0.3, -0.25) is 9.59 Å². The number of benzene rings is 1. The van der Waals surface area contributed by atoms with Gasteiger partial charge in [0.2, 0.25) is 11.8 Å². The molecule has 8 heteroatoms. The quantitative estimate of drug-likeness (QED) is 0.514. The molecule has 192 valence electrons. The predicted octanol–water partition coefficient (Wildman–Crippen LogP) is 4.83. The van der Waals surface area contributed by atoms with Crippen LogP contribution >= 0.6 is 11.8 Å². The Bertz CT molecular complexity index is 826. The third-order valence-corrected chi connectivity index (χ3v) is 5.53. The van der Waals surface area contributed by atoms with E-state index in [2.05, 4.69) is 10.6 Å². The number of rotatable bonds is 9. The van der Waals surface area contributed by atoms with E-state index in [-0.39, 0.29) is 17.9 Å². The molecule has 0 spiro atoms. The fourth-order valence-electron chi connectivity index (χ4n) is 3.49. The largest absolute Gasteiger partial charge is 0.444 e. The first-order valence-corrected chi connectivity index (χ1v) is 13.1. The highest BCUT2D eigenvalue weighted by atomic mass is 32.2. The molecule has 2 N–H and O–H groups in total. The third kappa shape index (κ3) is 9.57. The lowest BCUT2D eigenvalue weighted by Crippen LogP contribution is -2.59. The summed E-state index contributed by atoms with van der Waals surface area (Å²) in [4.78, 5) is 41.7. The Balaban J connectivity index is 3.50. The van der Waals surface area contributed by atoms with E-state index in [0.717, 1.165) is 5.56 Å². The van der Waals surface area contributed by atoms with Gasteiger partial charge >= 0.3 is 6.09 Å². The van der Waals surface area contributed by atoms with Gasteiger partial charge in [0.15, 0.2) is 0 Å². The fourth-order valence-corrected chi connectivity index (χ4v) is 3.96. The Morgan fingerprint density at radius 3 is 2.00 bits per heavy atom. The molecule has 3 amide bonds. The minimum absolute atomic E-state index is 0.0930. The topological polar surface area (TPSA) is 87.7 Å². The molecule has 2 atom stereocenters. The Morgan fingerprint density at radius 1 is 1.00 bits per heavy atom. The second kappa shape index (κ2) is 12.5. The van der Waals surface area contributed by atoms with Gasteiger partial charge in [-0.15, -0.1) is 0 Å². The summed E-state index contributed by atoms with van der Waals surface area (Å²) in [6.45, 7) is 16.8. The lowest BCUT2D eigenvalue weighted by Gasteiger charge is -2.43. The van der Waals surface area contributed by atoms with Crippen LogP contribution in [0.4, 0.5) is 4.79 Å². The van der Waals surface area contributed by atoms with Crippen LogP contribution < -0.4 is 10.6 Å². The maximum atomic E-state index is 14.0. The summed E-state index contributed by atoms with van der Waals surface area (Å²) in [5.74, 6) is 0.0808. The zero-order chi connectivity index (χ0) is 26.3. The Kier molecular flexibility index (Phi) is 10.9. The molecule has 0 bridgehead atoms. The number of nitrogens with one attached hydrogen (secondary N) is 2. The molecule has 7 nitrogen and oxygen atoms in total. The Labute approximate surface area is 209 Å². The molecule has 0 aromatic heterocycles. The highest BCUT2D eigenvalue weighted by molar-refractivity contribution is 7.98. The van der Waals surface area contributed by atoms with Gasteiger partial charge in [0.05, 0.1) is 0 Å². The molecule has 1 aromatic carbocycles. The van der Waals surface area contributed by atoms with E-state index in [4.69, 9.17) is 4.74 Å². The summed E-state index contributed by atoms with van der Waals surface area (Å²) in [6, 6.07) is 5.84. The van der Waals surface area contributed by atoms with E-state index in [1.807, 2.05) is 72.1 Å². The number of aryl methyl sites for hydroxylation is 1. The second-order valence-corrected chi connectivity index (χ2v) is 11.8. The van der Waals surface area contributed by atoms with Crippen molar-refractivity contribution >= 4 is 29.7 Å². The first kappa shape index (κ1) is 29.8. The van der Waals surface area contributed by atoms with Crippen molar-refractivity contribution < 1.29 is 19.1 Å². The highest BCUT2D eigenvalue weighted by Crippen LogP contribution is 2.31. The molecular weight excluding hydrogens is 450 g/mol. The zero-order valence-corrected chi connectivity index (χ0v) is 23.3. The van der Waals surface area contributed by atoms with Gasteiger partial charge in [-0.2, -0.15) is 11.8 Å². The number of ether oxygens (including phenoxy) is 1. The third-order valence-electron chi connectivity index (χ3n) is 4.89. The Hall–Kier alpha value is -2.22. The van der Waals surface area contributed by atoms with Crippen molar-refractivity contribution in [2.45, 2.75) is 98.0 Å². The number of amides is 3. The molecule has 0 saturated carbocycles. The molecule has 0 heterocycles. The number of carbonyl (C=O) groups is 3. The SMILES string of the molecule is CSCCC(NC(=O)OC(C)(C)C)C(=O)N(C(C(=O)NC(C)C)c1ccc(C)cc1)C(C)(C)C. The number of hydrogen-bond acceptors (Lipinski definition) is 5. The summed E-state index contributed by atoms with van der Waals surface area (Å²) in [6.07, 6.45) is 1.71. The molecule has 0 aliphatic rings. The molecule has 0 saturated heterocycles. The van der Waals surface area contributed by atoms with Crippen LogP contribution in [0.2, 0.25) is 0 Å². The smallest absolute Gasteiger partial charge is 0.408 e. The van der Waals surface area contributed by atoms with Crippen molar-refractivity contribution in [3.05, 3.63) is 35.4 Å². The predicted molar refractivity (Wildman–Crippen MR) is 140 cm³/mol. The van der Waals surface area contributed by atoms with Gasteiger partial charge in [-0.1, -0.05) is 29.8 Å². The molecule has 1 rings (SSSR count). The first-order chi connectivity index (χ1) is 15.6. The summed E-state index contributed by atoms with van der Waals surface area (Å²) >= 11 is 1.59. The van der Waals surface area contributed by atoms with Crippen LogP contribution in [0.25, 0.3) is 0 Å². The van der Waals surface area contributed by atoms with Crippen LogP contribution in [-0.2, 0) is 14.3 Å². The van der Waals surface area contributed by atoms with E-state index in [0.29, 0.717) is 17.7 Å². The molecular formula is C26H43N3O4S. The van der Waals surface area contributed by atoms with Crippen molar-refractivity contribution in [2.75, 3.05) is 12.0 Å². The van der Waals surface area contributed by atoms with Crippen LogP contribution in [-0.4, -0.2) is 58.0 Å². The molecule has 0 aliphatic heterocycles. The van der Waals surface area contributed by atoms with Gasteiger partial charge in [-0.05, 0) is 86.3 Å². The van der Waals surface area contributed by atoms with Crippen molar-refractivity contribution in [1.82, 2.24) is 15.5 Å². The molecule has 34 heavy (non-hydrogen) atoms. The van der Waals surface area contributed by atoms with Crippen molar-refractivity contribution in [2.24, 2.45) is 0 Å². The zero-order valence-electron chi connectivity index (χ0n) is 22.4. The van der Waals surface area contributed by atoms with E-state index < -0.39 is 29.3 Å². The maximum Gasteiger partial charge on any atom is 0.408 e. The van der Waals surface area contributed by atoms with Crippen LogP contribution in [0.15, 0.2) is 24.3 Å². The van der Waals surface area contributed by atoms with Gasteiger partial charge in [0.1, 0.15) is 17.7 Å². The van der Waals surface area contributed by atoms with Gasteiger partial charge in [0, 0.05) is 11.6 Å². The monoisotopic (exact) mass is 493 g/mol. The number of carbonyl (C=O) groups excluding carboxylic acids is 3. The number of hydrogen-bond donors (Lipinski definition) is 2. The van der Waals surface area contributed by atoms with Crippen LogP contribution in [0.3, 0.4) is 0 Å². The van der Waals surface area contributed by atoms with Gasteiger partial charge < -0.3 is 20.3 Å². The lowest BCUT2D eigenvalue weighted by atomic mass is 9.94. The molecule has 0 radical (unpaired) electrons. The molecule has 0 aliphatic carbocycles. The molecule has 2 unspecified atom stereocenters. The number of nitrogens with zero attached hydrogens (tertiary/aromatic N) is 1. The summed E-state index contributed by atoms with van der Waals surface area (Å²) in [5, 5.41) is 5.73. The van der Waals surface area contributed by atoms with E-state index in [9.17, 15) is 14.4 Å². The van der Waals surface area contributed by atoms with E-state index in [1.165, 1.54) is 0 Å². The van der Waals surface area contributed by atoms with Gasteiger partial charge in [-0.25, -0.2) is 4.79 Å². The molecule has 1 aromatic rings. The summed E-state index contributed by atoms with van der Waals surface area (Å²) < 4.78 is 5.42. The number of thioether (sulfide) groups is 1. The van der Waals surface area contributed by atoms with Crippen molar-refractivity contribution in [3.8, 4) is 0 Å². The summed E-state index contributed by atoms with van der Waals surface area (Å²) in [5.41, 5.74) is 0.383. The van der Waals surface area contributed by atoms with E-state index in [1.54, 1.807) is 37.4 Å². The average Bonchev–Trinajstić information content (AvgIpc) is 2.66. The minimum Gasteiger partial charge on any atom is -0.444 e.